The number of nitrogens with one attached hydrogen (secondary N) is 1. The molecule has 0 fully saturated rings. The first-order valence-corrected chi connectivity index (χ1v) is 7.74. The number of ether oxygens (including phenoxy) is 1. The Morgan fingerprint density at radius 2 is 1.75 bits per heavy atom. The monoisotopic (exact) mass is 320 g/mol. The zero-order valence-electron chi connectivity index (χ0n) is 14.0. The summed E-state index contributed by atoms with van der Waals surface area (Å²) in [5, 5.41) is 12.0. The maximum Gasteiger partial charge on any atom is 0.266 e. The fourth-order valence-corrected chi connectivity index (χ4v) is 2.07. The Kier molecular flexibility index (Phi) is 5.75. The molecule has 4 heteroatoms. The van der Waals surface area contributed by atoms with Gasteiger partial charge in [0.15, 0.2) is 0 Å². The smallest absolute Gasteiger partial charge is 0.266 e. The van der Waals surface area contributed by atoms with Crippen molar-refractivity contribution in [3.05, 3.63) is 65.2 Å². The molecule has 0 aliphatic rings. The molecule has 122 valence electrons. The lowest BCUT2D eigenvalue weighted by molar-refractivity contribution is -0.112. The number of benzene rings is 2. The Hall–Kier alpha value is -3.06. The molecule has 1 N–H and O–H groups in total. The van der Waals surface area contributed by atoms with Gasteiger partial charge in [0.05, 0.1) is 6.10 Å². The van der Waals surface area contributed by atoms with E-state index in [-0.39, 0.29) is 11.7 Å². The third-order valence-electron chi connectivity index (χ3n) is 3.24. The van der Waals surface area contributed by atoms with Crippen molar-refractivity contribution in [1.82, 2.24) is 0 Å². The number of carbonyl (C=O) groups excluding carboxylic acids is 1. The molecule has 0 aliphatic carbocycles. The molecule has 0 unspecified atom stereocenters. The van der Waals surface area contributed by atoms with Gasteiger partial charge in [-0.1, -0.05) is 29.8 Å². The van der Waals surface area contributed by atoms with Crippen LogP contribution in [-0.4, -0.2) is 12.0 Å². The Morgan fingerprint density at radius 1 is 1.12 bits per heavy atom. The van der Waals surface area contributed by atoms with Gasteiger partial charge in [-0.3, -0.25) is 4.79 Å². The molecule has 0 heterocycles. The van der Waals surface area contributed by atoms with Crippen LogP contribution in [0.4, 0.5) is 5.69 Å². The van der Waals surface area contributed by atoms with Crippen LogP contribution >= 0.6 is 0 Å². The van der Waals surface area contributed by atoms with E-state index in [0.29, 0.717) is 5.69 Å². The highest BCUT2D eigenvalue weighted by Gasteiger charge is 2.09. The topological polar surface area (TPSA) is 62.1 Å². The van der Waals surface area contributed by atoms with Crippen LogP contribution in [0.1, 0.15) is 25.0 Å². The van der Waals surface area contributed by atoms with E-state index in [1.54, 1.807) is 18.2 Å². The maximum absolute atomic E-state index is 12.2. The van der Waals surface area contributed by atoms with Gasteiger partial charge < -0.3 is 10.1 Å². The van der Waals surface area contributed by atoms with Gasteiger partial charge in [-0.15, -0.1) is 0 Å². The average molecular weight is 320 g/mol. The SMILES string of the molecule is Cc1ccc(NC(=O)/C(C#N)=C\c2ccc(OC(C)C)cc2)cc1. The molecule has 0 atom stereocenters. The molecule has 0 radical (unpaired) electrons. The second-order valence-corrected chi connectivity index (χ2v) is 5.73. The summed E-state index contributed by atoms with van der Waals surface area (Å²) < 4.78 is 5.57. The van der Waals surface area contributed by atoms with Crippen LogP contribution in [0.15, 0.2) is 54.1 Å². The Labute approximate surface area is 142 Å². The predicted molar refractivity (Wildman–Crippen MR) is 95.6 cm³/mol. The summed E-state index contributed by atoms with van der Waals surface area (Å²) in [6, 6.07) is 16.6. The van der Waals surface area contributed by atoms with Gasteiger partial charge in [0, 0.05) is 5.69 Å². The number of nitriles is 1. The van der Waals surface area contributed by atoms with E-state index >= 15 is 0 Å². The van der Waals surface area contributed by atoms with Crippen molar-refractivity contribution >= 4 is 17.7 Å². The van der Waals surface area contributed by atoms with Crippen LogP contribution in [-0.2, 0) is 4.79 Å². The first-order valence-electron chi connectivity index (χ1n) is 7.74. The summed E-state index contributed by atoms with van der Waals surface area (Å²) in [5.74, 6) is 0.327. The molecule has 0 bridgehead atoms. The molecule has 2 rings (SSSR count). The molecular formula is C20H20N2O2. The van der Waals surface area contributed by atoms with Gasteiger partial charge in [-0.05, 0) is 56.7 Å². The number of amides is 1. The predicted octanol–water partition coefficient (Wildman–Crippen LogP) is 4.33. The minimum absolute atomic E-state index is 0.0492. The lowest BCUT2D eigenvalue weighted by Gasteiger charge is -2.09. The largest absolute Gasteiger partial charge is 0.491 e. The minimum atomic E-state index is -0.427. The highest BCUT2D eigenvalue weighted by Crippen LogP contribution is 2.17. The van der Waals surface area contributed by atoms with Crippen LogP contribution in [0.5, 0.6) is 5.75 Å². The Balaban J connectivity index is 2.11. The minimum Gasteiger partial charge on any atom is -0.491 e. The second kappa shape index (κ2) is 7.98. The normalized spacial score (nSPS) is 11.0. The second-order valence-electron chi connectivity index (χ2n) is 5.73. The molecular weight excluding hydrogens is 300 g/mol. The highest BCUT2D eigenvalue weighted by molar-refractivity contribution is 6.09. The molecule has 0 aliphatic heterocycles. The molecule has 2 aromatic rings. The fourth-order valence-electron chi connectivity index (χ4n) is 2.07. The van der Waals surface area contributed by atoms with Crippen LogP contribution in [0, 0.1) is 18.3 Å². The highest BCUT2D eigenvalue weighted by atomic mass is 16.5. The number of rotatable bonds is 5. The van der Waals surface area contributed by atoms with Gasteiger partial charge in [-0.25, -0.2) is 0 Å². The van der Waals surface area contributed by atoms with E-state index in [2.05, 4.69) is 5.32 Å². The standard InChI is InChI=1S/C20H20N2O2/c1-14(2)24-19-10-6-16(7-11-19)12-17(13-21)20(23)22-18-8-4-15(3)5-9-18/h4-12,14H,1-3H3,(H,22,23)/b17-12-. The number of hydrogen-bond acceptors (Lipinski definition) is 3. The quantitative estimate of drug-likeness (QED) is 0.659. The number of nitrogens with zero attached hydrogens (tertiary/aromatic N) is 1. The zero-order chi connectivity index (χ0) is 17.5. The first kappa shape index (κ1) is 17.3. The van der Waals surface area contributed by atoms with Gasteiger partial charge in [-0.2, -0.15) is 5.26 Å². The van der Waals surface area contributed by atoms with Crippen molar-refractivity contribution in [2.75, 3.05) is 5.32 Å². The van der Waals surface area contributed by atoms with Gasteiger partial charge in [0.2, 0.25) is 0 Å². The third kappa shape index (κ3) is 4.99. The molecule has 0 saturated carbocycles. The lowest BCUT2D eigenvalue weighted by atomic mass is 10.1. The fraction of sp³-hybridized carbons (Fsp3) is 0.200. The summed E-state index contributed by atoms with van der Waals surface area (Å²) >= 11 is 0. The molecule has 2 aromatic carbocycles. The average Bonchev–Trinajstić information content (AvgIpc) is 2.55. The van der Waals surface area contributed by atoms with Crippen molar-refractivity contribution in [3.8, 4) is 11.8 Å². The number of carbonyl (C=O) groups is 1. The number of aryl methyl sites for hydroxylation is 1. The van der Waals surface area contributed by atoms with Gasteiger partial charge in [0.1, 0.15) is 17.4 Å². The van der Waals surface area contributed by atoms with E-state index in [0.717, 1.165) is 16.9 Å². The van der Waals surface area contributed by atoms with Crippen LogP contribution < -0.4 is 10.1 Å². The summed E-state index contributed by atoms with van der Waals surface area (Å²) in [7, 11) is 0. The maximum atomic E-state index is 12.2. The van der Waals surface area contributed by atoms with E-state index in [9.17, 15) is 10.1 Å². The van der Waals surface area contributed by atoms with Crippen LogP contribution in [0.3, 0.4) is 0 Å². The Morgan fingerprint density at radius 3 is 2.29 bits per heavy atom. The number of hydrogen-bond donors (Lipinski definition) is 1. The molecule has 0 saturated heterocycles. The summed E-state index contributed by atoms with van der Waals surface area (Å²) in [4.78, 5) is 12.2. The van der Waals surface area contributed by atoms with Crippen molar-refractivity contribution in [3.63, 3.8) is 0 Å². The van der Waals surface area contributed by atoms with Crippen molar-refractivity contribution in [2.24, 2.45) is 0 Å². The molecule has 4 nitrogen and oxygen atoms in total. The van der Waals surface area contributed by atoms with E-state index in [1.807, 2.05) is 63.2 Å². The Bertz CT molecular complexity index is 767. The lowest BCUT2D eigenvalue weighted by Crippen LogP contribution is -2.13. The van der Waals surface area contributed by atoms with Crippen LogP contribution in [0.25, 0.3) is 6.08 Å². The zero-order valence-corrected chi connectivity index (χ0v) is 14.0. The summed E-state index contributed by atoms with van der Waals surface area (Å²) in [6.07, 6.45) is 1.66. The summed E-state index contributed by atoms with van der Waals surface area (Å²) in [5.41, 5.74) is 2.58. The molecule has 1 amide bonds. The van der Waals surface area contributed by atoms with Crippen molar-refractivity contribution < 1.29 is 9.53 Å². The van der Waals surface area contributed by atoms with E-state index in [4.69, 9.17) is 4.74 Å². The van der Waals surface area contributed by atoms with Crippen molar-refractivity contribution in [2.45, 2.75) is 26.9 Å². The number of anilines is 1. The molecule has 0 aromatic heterocycles. The van der Waals surface area contributed by atoms with E-state index < -0.39 is 5.91 Å². The van der Waals surface area contributed by atoms with Gasteiger partial charge >= 0.3 is 0 Å². The molecule has 0 spiro atoms. The van der Waals surface area contributed by atoms with Crippen LogP contribution in [0.2, 0.25) is 0 Å². The van der Waals surface area contributed by atoms with E-state index in [1.165, 1.54) is 0 Å². The summed E-state index contributed by atoms with van der Waals surface area (Å²) in [6.45, 7) is 5.88. The van der Waals surface area contributed by atoms with Crippen molar-refractivity contribution in [1.29, 1.82) is 5.26 Å². The third-order valence-corrected chi connectivity index (χ3v) is 3.24. The van der Waals surface area contributed by atoms with Gasteiger partial charge in [0.25, 0.3) is 5.91 Å². The molecule has 24 heavy (non-hydrogen) atoms. The first-order chi connectivity index (χ1) is 11.5.